The Bertz CT molecular complexity index is 724. The third-order valence-corrected chi connectivity index (χ3v) is 5.83. The zero-order chi connectivity index (χ0) is 17.9. The van der Waals surface area contributed by atoms with E-state index in [0.29, 0.717) is 38.6 Å². The van der Waals surface area contributed by atoms with Crippen LogP contribution in [0.3, 0.4) is 0 Å². The van der Waals surface area contributed by atoms with Gasteiger partial charge in [-0.05, 0) is 31.0 Å². The van der Waals surface area contributed by atoms with Gasteiger partial charge in [-0.25, -0.2) is 17.9 Å². The first-order valence-electron chi connectivity index (χ1n) is 8.29. The molecule has 0 radical (unpaired) electrons. The van der Waals surface area contributed by atoms with Gasteiger partial charge in [0.1, 0.15) is 4.90 Å². The Balaban J connectivity index is 1.89. The number of carboxylic acid groups (broad SMARTS) is 1. The van der Waals surface area contributed by atoms with E-state index in [-0.39, 0.29) is 23.1 Å². The molecule has 8 nitrogen and oxygen atoms in total. The molecule has 0 bridgehead atoms. The predicted octanol–water partition coefficient (Wildman–Crippen LogP) is 0.679. The van der Waals surface area contributed by atoms with Gasteiger partial charge in [-0.15, -0.1) is 0 Å². The maximum Gasteiger partial charge on any atom is 0.335 e. The van der Waals surface area contributed by atoms with Crippen molar-refractivity contribution in [3.63, 3.8) is 0 Å². The molecule has 0 spiro atoms. The van der Waals surface area contributed by atoms with Crippen LogP contribution in [0.15, 0.2) is 23.1 Å². The molecule has 138 valence electrons. The third kappa shape index (κ3) is 4.30. The van der Waals surface area contributed by atoms with Crippen molar-refractivity contribution < 1.29 is 27.8 Å². The number of rotatable bonds is 6. The van der Waals surface area contributed by atoms with Crippen LogP contribution in [0.1, 0.15) is 23.2 Å². The minimum Gasteiger partial charge on any atom is -0.478 e. The molecule has 3 rings (SSSR count). The second kappa shape index (κ2) is 7.69. The van der Waals surface area contributed by atoms with Crippen molar-refractivity contribution in [3.8, 4) is 0 Å². The highest BCUT2D eigenvalue weighted by atomic mass is 32.2. The molecule has 0 amide bonds. The number of ether oxygens (including phenoxy) is 2. The fourth-order valence-electron chi connectivity index (χ4n) is 3.01. The van der Waals surface area contributed by atoms with Crippen LogP contribution < -0.4 is 9.62 Å². The van der Waals surface area contributed by atoms with E-state index in [0.717, 1.165) is 12.8 Å². The Morgan fingerprint density at radius 3 is 2.68 bits per heavy atom. The quantitative estimate of drug-likeness (QED) is 0.758. The third-order valence-electron chi connectivity index (χ3n) is 4.37. The minimum atomic E-state index is -3.86. The van der Waals surface area contributed by atoms with E-state index in [1.807, 2.05) is 4.90 Å². The molecular formula is C16H22N2O6S. The molecule has 1 atom stereocenters. The summed E-state index contributed by atoms with van der Waals surface area (Å²) < 4.78 is 38.9. The van der Waals surface area contributed by atoms with Crippen molar-refractivity contribution >= 4 is 21.7 Å². The van der Waals surface area contributed by atoms with Crippen LogP contribution in [0, 0.1) is 0 Å². The smallest absolute Gasteiger partial charge is 0.335 e. The first-order chi connectivity index (χ1) is 12.0. The van der Waals surface area contributed by atoms with E-state index in [1.165, 1.54) is 12.1 Å². The number of hydrogen-bond donors (Lipinski definition) is 2. The number of carboxylic acids is 1. The van der Waals surface area contributed by atoms with Gasteiger partial charge in [0.25, 0.3) is 0 Å². The summed E-state index contributed by atoms with van der Waals surface area (Å²) in [6, 6.07) is 4.19. The van der Waals surface area contributed by atoms with E-state index in [2.05, 4.69) is 4.72 Å². The van der Waals surface area contributed by atoms with Gasteiger partial charge in [-0.3, -0.25) is 0 Å². The predicted molar refractivity (Wildman–Crippen MR) is 90.6 cm³/mol. The van der Waals surface area contributed by atoms with Crippen molar-refractivity contribution in [2.45, 2.75) is 23.8 Å². The first kappa shape index (κ1) is 18.1. The topological polar surface area (TPSA) is 105 Å². The molecule has 1 aromatic rings. The largest absolute Gasteiger partial charge is 0.478 e. The number of benzene rings is 1. The molecule has 2 aliphatic heterocycles. The molecule has 0 saturated carbocycles. The lowest BCUT2D eigenvalue weighted by atomic mass is 10.2. The van der Waals surface area contributed by atoms with E-state index in [1.54, 1.807) is 6.07 Å². The highest BCUT2D eigenvalue weighted by molar-refractivity contribution is 7.89. The summed E-state index contributed by atoms with van der Waals surface area (Å²) in [7, 11) is -3.86. The number of carbonyl (C=O) groups is 1. The first-order valence-corrected chi connectivity index (χ1v) is 9.77. The van der Waals surface area contributed by atoms with E-state index < -0.39 is 16.0 Å². The number of hydrogen-bond acceptors (Lipinski definition) is 6. The summed E-state index contributed by atoms with van der Waals surface area (Å²) in [5, 5.41) is 9.21. The van der Waals surface area contributed by atoms with Crippen LogP contribution in [-0.2, 0) is 19.5 Å². The molecular weight excluding hydrogens is 348 g/mol. The number of aromatic carboxylic acids is 1. The average molecular weight is 370 g/mol. The van der Waals surface area contributed by atoms with Crippen molar-refractivity contribution in [2.24, 2.45) is 0 Å². The lowest BCUT2D eigenvalue weighted by Crippen LogP contribution is -2.38. The average Bonchev–Trinajstić information content (AvgIpc) is 3.14. The normalized spacial score (nSPS) is 21.4. The molecule has 2 fully saturated rings. The molecule has 25 heavy (non-hydrogen) atoms. The van der Waals surface area contributed by atoms with Gasteiger partial charge in [-0.1, -0.05) is 0 Å². The highest BCUT2D eigenvalue weighted by Crippen LogP contribution is 2.27. The van der Waals surface area contributed by atoms with Crippen molar-refractivity contribution in [2.75, 3.05) is 44.4 Å². The molecule has 1 aromatic carbocycles. The van der Waals surface area contributed by atoms with Crippen LogP contribution in [0.5, 0.6) is 0 Å². The summed E-state index contributed by atoms with van der Waals surface area (Å²) in [6.07, 6.45) is 1.60. The van der Waals surface area contributed by atoms with Crippen LogP contribution in [0.2, 0.25) is 0 Å². The molecule has 0 aromatic heterocycles. The Kier molecular flexibility index (Phi) is 5.57. The van der Waals surface area contributed by atoms with Crippen LogP contribution in [-0.4, -0.2) is 65.1 Å². The van der Waals surface area contributed by atoms with E-state index in [4.69, 9.17) is 9.47 Å². The number of nitrogens with one attached hydrogen (secondary N) is 1. The lowest BCUT2D eigenvalue weighted by molar-refractivity contribution is 0.0696. The summed E-state index contributed by atoms with van der Waals surface area (Å²) in [5.41, 5.74) is 0.433. The van der Waals surface area contributed by atoms with E-state index >= 15 is 0 Å². The number of sulfonamides is 1. The lowest BCUT2D eigenvalue weighted by Gasteiger charge is -2.30. The van der Waals surface area contributed by atoms with Crippen molar-refractivity contribution in [1.29, 1.82) is 0 Å². The highest BCUT2D eigenvalue weighted by Gasteiger charge is 2.26. The second-order valence-electron chi connectivity index (χ2n) is 6.07. The number of anilines is 1. The van der Waals surface area contributed by atoms with Gasteiger partial charge < -0.3 is 19.5 Å². The van der Waals surface area contributed by atoms with Gasteiger partial charge in [0.2, 0.25) is 10.0 Å². The van der Waals surface area contributed by atoms with Gasteiger partial charge in [-0.2, -0.15) is 0 Å². The second-order valence-corrected chi connectivity index (χ2v) is 7.81. The summed E-state index contributed by atoms with van der Waals surface area (Å²) in [4.78, 5) is 13.1. The Hall–Kier alpha value is -1.68. The van der Waals surface area contributed by atoms with Crippen LogP contribution in [0.4, 0.5) is 5.69 Å². The van der Waals surface area contributed by atoms with Crippen LogP contribution >= 0.6 is 0 Å². The van der Waals surface area contributed by atoms with Crippen molar-refractivity contribution in [1.82, 2.24) is 4.72 Å². The molecule has 2 N–H and O–H groups in total. The van der Waals surface area contributed by atoms with E-state index in [9.17, 15) is 18.3 Å². The SMILES string of the molecule is O=C(O)c1ccc(N2CCOCC2)c(S(=O)(=O)NC[C@@H]2CCCO2)c1. The Morgan fingerprint density at radius 1 is 1.28 bits per heavy atom. The fourth-order valence-corrected chi connectivity index (χ4v) is 4.33. The molecule has 2 aliphatic rings. The zero-order valence-electron chi connectivity index (χ0n) is 13.8. The van der Waals surface area contributed by atoms with Gasteiger partial charge in [0, 0.05) is 26.2 Å². The number of morpholine rings is 1. The monoisotopic (exact) mass is 370 g/mol. The fraction of sp³-hybridized carbons (Fsp3) is 0.562. The summed E-state index contributed by atoms with van der Waals surface area (Å²) >= 11 is 0. The Morgan fingerprint density at radius 2 is 2.04 bits per heavy atom. The summed E-state index contributed by atoms with van der Waals surface area (Å²) in [6.45, 7) is 2.94. The number of nitrogens with zero attached hydrogens (tertiary/aromatic N) is 1. The van der Waals surface area contributed by atoms with Gasteiger partial charge in [0.15, 0.2) is 0 Å². The zero-order valence-corrected chi connectivity index (χ0v) is 14.6. The molecule has 0 aliphatic carbocycles. The maximum atomic E-state index is 12.8. The van der Waals surface area contributed by atoms with Crippen LogP contribution in [0.25, 0.3) is 0 Å². The Labute approximate surface area is 146 Å². The molecule has 2 saturated heterocycles. The maximum absolute atomic E-state index is 12.8. The molecule has 9 heteroatoms. The molecule has 0 unspecified atom stereocenters. The standard InChI is InChI=1S/C16H22N2O6S/c19-16(20)12-3-4-14(18-5-8-23-9-6-18)15(10-12)25(21,22)17-11-13-2-1-7-24-13/h3-4,10,13,17H,1-2,5-9,11H2,(H,19,20)/t13-/m0/s1. The van der Waals surface area contributed by atoms with Gasteiger partial charge >= 0.3 is 5.97 Å². The van der Waals surface area contributed by atoms with Crippen molar-refractivity contribution in [3.05, 3.63) is 23.8 Å². The minimum absolute atomic E-state index is 0.0210. The summed E-state index contributed by atoms with van der Waals surface area (Å²) in [5.74, 6) is -1.16. The molecule has 2 heterocycles. The van der Waals surface area contributed by atoms with Gasteiger partial charge in [0.05, 0.1) is 30.6 Å².